The minimum atomic E-state index is -0.539. The first-order chi connectivity index (χ1) is 14.7. The van der Waals surface area contributed by atoms with Gasteiger partial charge in [0.25, 0.3) is 0 Å². The first-order valence-electron chi connectivity index (χ1n) is 10.1. The van der Waals surface area contributed by atoms with Crippen LogP contribution in [0.25, 0.3) is 5.57 Å². The summed E-state index contributed by atoms with van der Waals surface area (Å²) in [6.07, 6.45) is 3.13. The summed E-state index contributed by atoms with van der Waals surface area (Å²) in [6.45, 7) is 2.07. The van der Waals surface area contributed by atoms with Crippen molar-refractivity contribution in [2.45, 2.75) is 12.5 Å². The smallest absolute Gasteiger partial charge is 0.338 e. The summed E-state index contributed by atoms with van der Waals surface area (Å²) >= 11 is 0. The van der Waals surface area contributed by atoms with Gasteiger partial charge in [-0.25, -0.2) is 9.59 Å². The Balaban J connectivity index is 1.59. The highest BCUT2D eigenvalue weighted by atomic mass is 16.5. The number of methoxy groups -OCH3 is 1. The lowest BCUT2D eigenvalue weighted by molar-refractivity contribution is -0.136. The maximum atomic E-state index is 12.6. The number of rotatable bonds is 5. The number of esters is 1. The summed E-state index contributed by atoms with van der Waals surface area (Å²) in [4.78, 5) is 27.2. The second kappa shape index (κ2) is 8.97. The van der Waals surface area contributed by atoms with Gasteiger partial charge in [0.15, 0.2) is 0 Å². The second-order valence-corrected chi connectivity index (χ2v) is 7.41. The molecule has 0 aromatic heterocycles. The molecule has 2 amide bonds. The van der Waals surface area contributed by atoms with Crippen LogP contribution in [0.5, 0.6) is 0 Å². The van der Waals surface area contributed by atoms with Crippen molar-refractivity contribution >= 4 is 17.6 Å². The van der Waals surface area contributed by atoms with Gasteiger partial charge in [0.05, 0.1) is 18.7 Å². The van der Waals surface area contributed by atoms with E-state index in [9.17, 15) is 9.59 Å². The van der Waals surface area contributed by atoms with E-state index in [0.29, 0.717) is 17.8 Å². The van der Waals surface area contributed by atoms with Crippen LogP contribution in [0, 0.1) is 0 Å². The van der Waals surface area contributed by atoms with Crippen LogP contribution in [0.15, 0.2) is 78.0 Å². The Bertz CT molecular complexity index is 983. The van der Waals surface area contributed by atoms with Crippen molar-refractivity contribution in [3.05, 3.63) is 89.1 Å². The molecule has 6 heteroatoms. The van der Waals surface area contributed by atoms with Gasteiger partial charge in [-0.3, -0.25) is 4.90 Å². The Morgan fingerprint density at radius 2 is 1.80 bits per heavy atom. The molecule has 154 valence electrons. The lowest BCUT2D eigenvalue weighted by Gasteiger charge is -2.33. The van der Waals surface area contributed by atoms with Crippen LogP contribution in [-0.2, 0) is 9.53 Å². The zero-order valence-electron chi connectivity index (χ0n) is 16.9. The van der Waals surface area contributed by atoms with Gasteiger partial charge in [-0.15, -0.1) is 0 Å². The third kappa shape index (κ3) is 4.28. The summed E-state index contributed by atoms with van der Waals surface area (Å²) in [5.74, 6) is -0.441. The van der Waals surface area contributed by atoms with E-state index in [2.05, 4.69) is 33.7 Å². The molecule has 1 atom stereocenters. The summed E-state index contributed by atoms with van der Waals surface area (Å²) in [7, 11) is 1.36. The normalized spacial score (nSPS) is 19.6. The molecule has 0 unspecified atom stereocenters. The fraction of sp³-hybridized carbons (Fsp3) is 0.250. The van der Waals surface area contributed by atoms with E-state index < -0.39 is 12.0 Å². The highest BCUT2D eigenvalue weighted by Gasteiger charge is 2.34. The molecule has 2 N–H and O–H groups in total. The standard InChI is InChI=1S/C24H25N3O3/c1-30-23(28)21-20(25-24(29)26-22(21)19-10-6-3-7-11-19)16-27-14-12-18(13-15-27)17-8-4-2-5-9-17/h2-12,22H,13-16H2,1H3,(H2,25,26,29)/t22-/m1/s1. The van der Waals surface area contributed by atoms with Gasteiger partial charge in [0.2, 0.25) is 0 Å². The van der Waals surface area contributed by atoms with Gasteiger partial charge in [-0.2, -0.15) is 0 Å². The Morgan fingerprint density at radius 3 is 2.43 bits per heavy atom. The first-order valence-corrected chi connectivity index (χ1v) is 10.1. The van der Waals surface area contributed by atoms with E-state index in [1.807, 2.05) is 48.5 Å². The maximum absolute atomic E-state index is 12.6. The maximum Gasteiger partial charge on any atom is 0.338 e. The summed E-state index contributed by atoms with van der Waals surface area (Å²) in [5, 5.41) is 5.69. The third-order valence-corrected chi connectivity index (χ3v) is 5.51. The number of amides is 2. The zero-order chi connectivity index (χ0) is 20.9. The summed E-state index contributed by atoms with van der Waals surface area (Å²) < 4.78 is 5.05. The van der Waals surface area contributed by atoms with Gasteiger partial charge < -0.3 is 15.4 Å². The molecule has 0 bridgehead atoms. The number of ether oxygens (including phenoxy) is 1. The number of hydrogen-bond acceptors (Lipinski definition) is 4. The average molecular weight is 403 g/mol. The van der Waals surface area contributed by atoms with Crippen molar-refractivity contribution in [2.24, 2.45) is 0 Å². The molecule has 0 saturated heterocycles. The average Bonchev–Trinajstić information content (AvgIpc) is 2.80. The van der Waals surface area contributed by atoms with Crippen molar-refractivity contribution in [2.75, 3.05) is 26.7 Å². The molecule has 0 spiro atoms. The summed E-state index contributed by atoms with van der Waals surface area (Å²) in [5.41, 5.74) is 4.45. The van der Waals surface area contributed by atoms with Crippen molar-refractivity contribution in [3.8, 4) is 0 Å². The van der Waals surface area contributed by atoms with Crippen LogP contribution in [0.1, 0.15) is 23.6 Å². The molecule has 2 aromatic rings. The number of hydrogen-bond donors (Lipinski definition) is 2. The van der Waals surface area contributed by atoms with Gasteiger partial charge in [-0.1, -0.05) is 66.7 Å². The molecule has 0 fully saturated rings. The number of carbonyl (C=O) groups is 2. The lowest BCUT2D eigenvalue weighted by Crippen LogP contribution is -2.48. The van der Waals surface area contributed by atoms with E-state index in [1.165, 1.54) is 18.2 Å². The first kappa shape index (κ1) is 19.9. The molecule has 2 aliphatic rings. The van der Waals surface area contributed by atoms with Gasteiger partial charge >= 0.3 is 12.0 Å². The van der Waals surface area contributed by atoms with E-state index in [4.69, 9.17) is 4.74 Å². The third-order valence-electron chi connectivity index (χ3n) is 5.51. The topological polar surface area (TPSA) is 70.7 Å². The summed E-state index contributed by atoms with van der Waals surface area (Å²) in [6, 6.07) is 19.0. The number of benzene rings is 2. The SMILES string of the molecule is COC(=O)C1=C(CN2CC=C(c3ccccc3)CC2)NC(=O)N[C@@H]1c1ccccc1. The van der Waals surface area contributed by atoms with Crippen LogP contribution in [0.4, 0.5) is 4.79 Å². The molecule has 30 heavy (non-hydrogen) atoms. The molecule has 0 saturated carbocycles. The Hall–Kier alpha value is -3.38. The fourth-order valence-electron chi connectivity index (χ4n) is 3.98. The van der Waals surface area contributed by atoms with Crippen molar-refractivity contribution < 1.29 is 14.3 Å². The molecular formula is C24H25N3O3. The number of carbonyl (C=O) groups excluding carboxylic acids is 2. The molecule has 4 rings (SSSR count). The monoisotopic (exact) mass is 403 g/mol. The Morgan fingerprint density at radius 1 is 1.10 bits per heavy atom. The van der Waals surface area contributed by atoms with E-state index in [-0.39, 0.29) is 6.03 Å². The van der Waals surface area contributed by atoms with Crippen LogP contribution < -0.4 is 10.6 Å². The minimum Gasteiger partial charge on any atom is -0.466 e. The lowest BCUT2D eigenvalue weighted by atomic mass is 9.94. The minimum absolute atomic E-state index is 0.316. The molecule has 2 heterocycles. The van der Waals surface area contributed by atoms with E-state index in [0.717, 1.165) is 25.1 Å². The molecule has 2 aliphatic heterocycles. The molecule has 0 radical (unpaired) electrons. The van der Waals surface area contributed by atoms with E-state index in [1.54, 1.807) is 0 Å². The van der Waals surface area contributed by atoms with Gasteiger partial charge in [-0.05, 0) is 23.1 Å². The van der Waals surface area contributed by atoms with Crippen LogP contribution in [-0.4, -0.2) is 43.6 Å². The van der Waals surface area contributed by atoms with Crippen LogP contribution >= 0.6 is 0 Å². The van der Waals surface area contributed by atoms with Crippen LogP contribution in [0.3, 0.4) is 0 Å². The molecular weight excluding hydrogens is 378 g/mol. The highest BCUT2D eigenvalue weighted by Crippen LogP contribution is 2.29. The second-order valence-electron chi connectivity index (χ2n) is 7.41. The largest absolute Gasteiger partial charge is 0.466 e. The van der Waals surface area contributed by atoms with Crippen molar-refractivity contribution in [1.29, 1.82) is 0 Å². The van der Waals surface area contributed by atoms with Crippen LogP contribution in [0.2, 0.25) is 0 Å². The number of nitrogens with zero attached hydrogens (tertiary/aromatic N) is 1. The van der Waals surface area contributed by atoms with Gasteiger partial charge in [0, 0.05) is 25.3 Å². The van der Waals surface area contributed by atoms with Crippen molar-refractivity contribution in [3.63, 3.8) is 0 Å². The highest BCUT2D eigenvalue weighted by molar-refractivity contribution is 5.95. The Labute approximate surface area is 176 Å². The van der Waals surface area contributed by atoms with Crippen molar-refractivity contribution in [1.82, 2.24) is 15.5 Å². The molecule has 6 nitrogen and oxygen atoms in total. The predicted octanol–water partition coefficient (Wildman–Crippen LogP) is 3.26. The number of urea groups is 1. The predicted molar refractivity (Wildman–Crippen MR) is 115 cm³/mol. The molecule has 2 aromatic carbocycles. The van der Waals surface area contributed by atoms with E-state index >= 15 is 0 Å². The van der Waals surface area contributed by atoms with Gasteiger partial charge in [0.1, 0.15) is 0 Å². The number of nitrogens with one attached hydrogen (secondary N) is 2. The quantitative estimate of drug-likeness (QED) is 0.752. The zero-order valence-corrected chi connectivity index (χ0v) is 16.9. The Kier molecular flexibility index (Phi) is 5.95. The fourth-order valence-corrected chi connectivity index (χ4v) is 3.98. The molecule has 0 aliphatic carbocycles.